The highest BCUT2D eigenvalue weighted by Gasteiger charge is 2.15. The molecule has 0 amide bonds. The third-order valence-electron chi connectivity index (χ3n) is 3.19. The van der Waals surface area contributed by atoms with Gasteiger partial charge in [0.15, 0.2) is 0 Å². The fourth-order valence-corrected chi connectivity index (χ4v) is 2.36. The molecule has 0 radical (unpaired) electrons. The fraction of sp³-hybridized carbons (Fsp3) is 1.00. The van der Waals surface area contributed by atoms with Gasteiger partial charge < -0.3 is 5.32 Å². The molecule has 1 heterocycles. The van der Waals surface area contributed by atoms with Crippen LogP contribution in [0.4, 0.5) is 0 Å². The van der Waals surface area contributed by atoms with Gasteiger partial charge >= 0.3 is 0 Å². The van der Waals surface area contributed by atoms with Crippen molar-refractivity contribution >= 4 is 0 Å². The molecule has 1 aliphatic heterocycles. The zero-order valence-electron chi connectivity index (χ0n) is 9.31. The van der Waals surface area contributed by atoms with Crippen molar-refractivity contribution in [3.8, 4) is 0 Å². The van der Waals surface area contributed by atoms with Gasteiger partial charge in [-0.2, -0.15) is 0 Å². The summed E-state index contributed by atoms with van der Waals surface area (Å²) in [5, 5.41) is 3.50. The van der Waals surface area contributed by atoms with Crippen LogP contribution in [0, 0.1) is 11.8 Å². The second-order valence-electron chi connectivity index (χ2n) is 4.70. The van der Waals surface area contributed by atoms with E-state index in [1.807, 2.05) is 0 Å². The molecule has 1 N–H and O–H groups in total. The molecule has 1 nitrogen and oxygen atoms in total. The Morgan fingerprint density at radius 1 is 1.46 bits per heavy atom. The minimum Gasteiger partial charge on any atom is -0.316 e. The van der Waals surface area contributed by atoms with Crippen LogP contribution in [-0.4, -0.2) is 13.1 Å². The smallest absolute Gasteiger partial charge is 0.00204 e. The van der Waals surface area contributed by atoms with Crippen molar-refractivity contribution in [2.24, 2.45) is 11.8 Å². The van der Waals surface area contributed by atoms with Gasteiger partial charge in [0.2, 0.25) is 0 Å². The van der Waals surface area contributed by atoms with E-state index < -0.39 is 0 Å². The molecule has 0 spiro atoms. The number of rotatable bonds is 5. The van der Waals surface area contributed by atoms with E-state index in [1.165, 1.54) is 51.6 Å². The lowest BCUT2D eigenvalue weighted by atomic mass is 9.87. The van der Waals surface area contributed by atoms with Gasteiger partial charge in [-0.15, -0.1) is 0 Å². The SMILES string of the molecule is CCCCC(C)C[C@H]1CCCNC1. The molecule has 1 heteroatoms. The van der Waals surface area contributed by atoms with Crippen LogP contribution in [0.2, 0.25) is 0 Å². The highest BCUT2D eigenvalue weighted by Crippen LogP contribution is 2.22. The quantitative estimate of drug-likeness (QED) is 0.690. The third kappa shape index (κ3) is 4.66. The van der Waals surface area contributed by atoms with E-state index in [2.05, 4.69) is 19.2 Å². The monoisotopic (exact) mass is 183 g/mol. The van der Waals surface area contributed by atoms with Gasteiger partial charge in [-0.25, -0.2) is 0 Å². The number of hydrogen-bond acceptors (Lipinski definition) is 1. The summed E-state index contributed by atoms with van der Waals surface area (Å²) in [5.41, 5.74) is 0. The van der Waals surface area contributed by atoms with Gasteiger partial charge in [0, 0.05) is 0 Å². The standard InChI is InChI=1S/C12H25N/c1-3-4-6-11(2)9-12-7-5-8-13-10-12/h11-13H,3-10H2,1-2H3/t11?,12-/m1/s1. The van der Waals surface area contributed by atoms with Crippen LogP contribution in [-0.2, 0) is 0 Å². The lowest BCUT2D eigenvalue weighted by Crippen LogP contribution is -2.30. The summed E-state index contributed by atoms with van der Waals surface area (Å²) in [4.78, 5) is 0. The minimum absolute atomic E-state index is 0.949. The predicted molar refractivity (Wildman–Crippen MR) is 58.9 cm³/mol. The maximum absolute atomic E-state index is 3.50. The van der Waals surface area contributed by atoms with Crippen molar-refractivity contribution in [1.29, 1.82) is 0 Å². The molecule has 0 aromatic heterocycles. The normalized spacial score (nSPS) is 25.8. The lowest BCUT2D eigenvalue weighted by Gasteiger charge is -2.25. The van der Waals surface area contributed by atoms with Gasteiger partial charge in [0.25, 0.3) is 0 Å². The van der Waals surface area contributed by atoms with Crippen LogP contribution in [0.25, 0.3) is 0 Å². The van der Waals surface area contributed by atoms with E-state index in [0.29, 0.717) is 0 Å². The zero-order valence-corrected chi connectivity index (χ0v) is 9.31. The summed E-state index contributed by atoms with van der Waals surface area (Å²) >= 11 is 0. The summed E-state index contributed by atoms with van der Waals surface area (Å²) in [6.07, 6.45) is 8.52. The molecule has 1 saturated heterocycles. The molecule has 1 rings (SSSR count). The second kappa shape index (κ2) is 6.42. The van der Waals surface area contributed by atoms with Crippen LogP contribution in [0.5, 0.6) is 0 Å². The number of nitrogens with one attached hydrogen (secondary N) is 1. The third-order valence-corrected chi connectivity index (χ3v) is 3.19. The summed E-state index contributed by atoms with van der Waals surface area (Å²) in [6, 6.07) is 0. The fourth-order valence-electron chi connectivity index (χ4n) is 2.36. The van der Waals surface area contributed by atoms with Gasteiger partial charge in [0.05, 0.1) is 0 Å². The van der Waals surface area contributed by atoms with Crippen LogP contribution < -0.4 is 5.32 Å². The maximum atomic E-state index is 3.50. The van der Waals surface area contributed by atoms with Gasteiger partial charge in [-0.1, -0.05) is 33.1 Å². The average Bonchev–Trinajstić information content (AvgIpc) is 2.16. The van der Waals surface area contributed by atoms with E-state index in [9.17, 15) is 0 Å². The molecule has 1 fully saturated rings. The highest BCUT2D eigenvalue weighted by atomic mass is 14.9. The summed E-state index contributed by atoms with van der Waals surface area (Å²) in [6.45, 7) is 7.23. The Kier molecular flexibility index (Phi) is 5.45. The van der Waals surface area contributed by atoms with E-state index in [0.717, 1.165) is 11.8 Å². The first-order valence-electron chi connectivity index (χ1n) is 6.03. The Bertz CT molecular complexity index is 116. The Morgan fingerprint density at radius 3 is 2.92 bits per heavy atom. The Balaban J connectivity index is 2.07. The molecule has 1 aliphatic rings. The molecular weight excluding hydrogens is 158 g/mol. The van der Waals surface area contributed by atoms with Crippen molar-refractivity contribution < 1.29 is 0 Å². The molecule has 0 aliphatic carbocycles. The second-order valence-corrected chi connectivity index (χ2v) is 4.70. The summed E-state index contributed by atoms with van der Waals surface area (Å²) in [5.74, 6) is 1.92. The molecule has 0 aromatic rings. The van der Waals surface area contributed by atoms with E-state index in [-0.39, 0.29) is 0 Å². The number of unbranched alkanes of at least 4 members (excludes halogenated alkanes) is 1. The first-order chi connectivity index (χ1) is 6.33. The Hall–Kier alpha value is -0.0400. The minimum atomic E-state index is 0.949. The van der Waals surface area contributed by atoms with E-state index >= 15 is 0 Å². The molecule has 0 aromatic carbocycles. The van der Waals surface area contributed by atoms with Crippen LogP contribution in [0.1, 0.15) is 52.4 Å². The van der Waals surface area contributed by atoms with Gasteiger partial charge in [-0.3, -0.25) is 0 Å². The summed E-state index contributed by atoms with van der Waals surface area (Å²) < 4.78 is 0. The summed E-state index contributed by atoms with van der Waals surface area (Å²) in [7, 11) is 0. The first kappa shape index (κ1) is 11.0. The molecular formula is C12H25N. The molecule has 2 atom stereocenters. The van der Waals surface area contributed by atoms with Crippen molar-refractivity contribution in [2.45, 2.75) is 52.4 Å². The van der Waals surface area contributed by atoms with Crippen molar-refractivity contribution in [2.75, 3.05) is 13.1 Å². The number of hydrogen-bond donors (Lipinski definition) is 1. The molecule has 13 heavy (non-hydrogen) atoms. The van der Waals surface area contributed by atoms with Crippen molar-refractivity contribution in [1.82, 2.24) is 5.32 Å². The molecule has 78 valence electrons. The Morgan fingerprint density at radius 2 is 2.31 bits per heavy atom. The van der Waals surface area contributed by atoms with Gasteiger partial charge in [-0.05, 0) is 44.2 Å². The largest absolute Gasteiger partial charge is 0.316 e. The molecule has 0 bridgehead atoms. The van der Waals surface area contributed by atoms with Crippen molar-refractivity contribution in [3.05, 3.63) is 0 Å². The van der Waals surface area contributed by atoms with E-state index in [1.54, 1.807) is 0 Å². The lowest BCUT2D eigenvalue weighted by molar-refractivity contribution is 0.301. The van der Waals surface area contributed by atoms with E-state index in [4.69, 9.17) is 0 Å². The predicted octanol–water partition coefficient (Wildman–Crippen LogP) is 3.20. The zero-order chi connectivity index (χ0) is 9.52. The van der Waals surface area contributed by atoms with Crippen LogP contribution in [0.3, 0.4) is 0 Å². The average molecular weight is 183 g/mol. The van der Waals surface area contributed by atoms with Crippen molar-refractivity contribution in [3.63, 3.8) is 0 Å². The maximum Gasteiger partial charge on any atom is -0.00204 e. The van der Waals surface area contributed by atoms with Gasteiger partial charge in [0.1, 0.15) is 0 Å². The molecule has 1 unspecified atom stereocenters. The van der Waals surface area contributed by atoms with Crippen LogP contribution >= 0.6 is 0 Å². The molecule has 0 saturated carbocycles. The van der Waals surface area contributed by atoms with Crippen LogP contribution in [0.15, 0.2) is 0 Å². The first-order valence-corrected chi connectivity index (χ1v) is 6.03. The Labute approximate surface area is 83.3 Å². The topological polar surface area (TPSA) is 12.0 Å². The number of piperidine rings is 1. The highest BCUT2D eigenvalue weighted by molar-refractivity contribution is 4.71.